The number of rotatable bonds is 4. The van der Waals surface area contributed by atoms with Crippen LogP contribution in [-0.2, 0) is 16.0 Å². The second-order valence-electron chi connectivity index (χ2n) is 6.51. The predicted octanol–water partition coefficient (Wildman–Crippen LogP) is 2.85. The summed E-state index contributed by atoms with van der Waals surface area (Å²) < 4.78 is 0. The number of nitrogen functional groups attached to an aromatic ring is 1. The number of nitrogens with zero attached hydrogens (tertiary/aromatic N) is 1. The van der Waals surface area contributed by atoms with E-state index in [1.807, 2.05) is 43.3 Å². The maximum absolute atomic E-state index is 12.7. The monoisotopic (exact) mass is 373 g/mol. The molecule has 0 radical (unpaired) electrons. The number of carbonyl (C=O) groups excluding carboxylic acids is 2. The first-order chi connectivity index (χ1) is 12.0. The van der Waals surface area contributed by atoms with E-state index in [4.69, 9.17) is 5.73 Å². The number of hydrogen-bond acceptors (Lipinski definition) is 3. The Morgan fingerprint density at radius 1 is 1.15 bits per heavy atom. The largest absolute Gasteiger partial charge is 0.399 e. The minimum absolute atomic E-state index is 0. The van der Waals surface area contributed by atoms with E-state index >= 15 is 0 Å². The third kappa shape index (κ3) is 4.76. The number of amides is 2. The minimum atomic E-state index is -0.462. The first-order valence-electron chi connectivity index (χ1n) is 8.55. The van der Waals surface area contributed by atoms with Crippen molar-refractivity contribution in [2.75, 3.05) is 17.2 Å². The highest BCUT2D eigenvalue weighted by molar-refractivity contribution is 6.00. The van der Waals surface area contributed by atoms with E-state index in [1.54, 1.807) is 17.0 Å². The van der Waals surface area contributed by atoms with E-state index in [1.165, 1.54) is 0 Å². The van der Waals surface area contributed by atoms with Gasteiger partial charge in [0.25, 0.3) is 0 Å². The van der Waals surface area contributed by atoms with Crippen LogP contribution >= 0.6 is 12.4 Å². The summed E-state index contributed by atoms with van der Waals surface area (Å²) in [4.78, 5) is 26.8. The summed E-state index contributed by atoms with van der Waals surface area (Å²) in [6.07, 6.45) is 1.79. The fourth-order valence-electron chi connectivity index (χ4n) is 3.06. The van der Waals surface area contributed by atoms with Gasteiger partial charge in [-0.25, -0.2) is 0 Å². The number of aryl methyl sites for hydroxylation is 1. The van der Waals surface area contributed by atoms with Gasteiger partial charge in [-0.1, -0.05) is 29.8 Å². The zero-order valence-electron chi connectivity index (χ0n) is 14.8. The second-order valence-corrected chi connectivity index (χ2v) is 6.51. The van der Waals surface area contributed by atoms with E-state index in [0.29, 0.717) is 18.7 Å². The summed E-state index contributed by atoms with van der Waals surface area (Å²) in [6, 6.07) is 14.6. The lowest BCUT2D eigenvalue weighted by Gasteiger charge is -2.32. The molecule has 138 valence electrons. The average Bonchev–Trinajstić information content (AvgIpc) is 2.60. The van der Waals surface area contributed by atoms with Crippen LogP contribution in [0.15, 0.2) is 48.5 Å². The van der Waals surface area contributed by atoms with Crippen LogP contribution in [0.25, 0.3) is 0 Å². The molecule has 2 aromatic rings. The first kappa shape index (κ1) is 19.8. The molecule has 0 aliphatic carbocycles. The number of benzene rings is 2. The molecule has 5 nitrogen and oxygen atoms in total. The summed E-state index contributed by atoms with van der Waals surface area (Å²) in [5.41, 5.74) is 9.24. The van der Waals surface area contributed by atoms with Crippen molar-refractivity contribution < 1.29 is 9.59 Å². The van der Waals surface area contributed by atoms with E-state index in [9.17, 15) is 9.59 Å². The SMILES string of the molecule is Cc1ccc(N2CCCC(NC(=O)Cc3ccc(N)cc3)C2=O)cc1.Cl. The molecular formula is C20H24ClN3O2. The van der Waals surface area contributed by atoms with Crippen LogP contribution in [0.4, 0.5) is 11.4 Å². The number of nitrogens with one attached hydrogen (secondary N) is 1. The van der Waals surface area contributed by atoms with Crippen molar-refractivity contribution in [3.8, 4) is 0 Å². The van der Waals surface area contributed by atoms with E-state index in [-0.39, 0.29) is 30.6 Å². The molecule has 0 bridgehead atoms. The van der Waals surface area contributed by atoms with Crippen molar-refractivity contribution in [1.29, 1.82) is 0 Å². The van der Waals surface area contributed by atoms with Crippen LogP contribution in [0.3, 0.4) is 0 Å². The molecule has 0 saturated carbocycles. The van der Waals surface area contributed by atoms with Gasteiger partial charge >= 0.3 is 0 Å². The fourth-order valence-corrected chi connectivity index (χ4v) is 3.06. The van der Waals surface area contributed by atoms with Crippen LogP contribution < -0.4 is 16.0 Å². The van der Waals surface area contributed by atoms with Crippen molar-refractivity contribution in [1.82, 2.24) is 5.32 Å². The summed E-state index contributed by atoms with van der Waals surface area (Å²) in [5.74, 6) is -0.186. The zero-order valence-corrected chi connectivity index (χ0v) is 15.6. The summed E-state index contributed by atoms with van der Waals surface area (Å²) in [7, 11) is 0. The van der Waals surface area contributed by atoms with E-state index in [2.05, 4.69) is 5.32 Å². The van der Waals surface area contributed by atoms with Crippen molar-refractivity contribution >= 4 is 35.6 Å². The Bertz CT molecular complexity index is 760. The summed E-state index contributed by atoms with van der Waals surface area (Å²) >= 11 is 0. The van der Waals surface area contributed by atoms with Crippen molar-refractivity contribution in [2.24, 2.45) is 0 Å². The highest BCUT2D eigenvalue weighted by Crippen LogP contribution is 2.21. The van der Waals surface area contributed by atoms with Gasteiger partial charge in [0.15, 0.2) is 0 Å². The molecule has 0 spiro atoms. The molecule has 3 N–H and O–H groups in total. The lowest BCUT2D eigenvalue weighted by Crippen LogP contribution is -2.52. The van der Waals surface area contributed by atoms with Gasteiger partial charge < -0.3 is 16.0 Å². The molecule has 26 heavy (non-hydrogen) atoms. The topological polar surface area (TPSA) is 75.4 Å². The quantitative estimate of drug-likeness (QED) is 0.809. The fraction of sp³-hybridized carbons (Fsp3) is 0.300. The van der Waals surface area contributed by atoms with E-state index < -0.39 is 6.04 Å². The number of halogens is 1. The Kier molecular flexibility index (Phi) is 6.64. The first-order valence-corrected chi connectivity index (χ1v) is 8.55. The molecule has 1 fully saturated rings. The Morgan fingerprint density at radius 2 is 1.81 bits per heavy atom. The molecule has 1 heterocycles. The Morgan fingerprint density at radius 3 is 2.46 bits per heavy atom. The number of anilines is 2. The van der Waals surface area contributed by atoms with Crippen LogP contribution in [0, 0.1) is 6.92 Å². The Labute approximate surface area is 160 Å². The maximum atomic E-state index is 12.7. The van der Waals surface area contributed by atoms with Crippen LogP contribution in [0.2, 0.25) is 0 Å². The maximum Gasteiger partial charge on any atom is 0.249 e. The van der Waals surface area contributed by atoms with Gasteiger partial charge in [0.1, 0.15) is 6.04 Å². The lowest BCUT2D eigenvalue weighted by atomic mass is 10.0. The van der Waals surface area contributed by atoms with Gasteiger partial charge in [-0.2, -0.15) is 0 Å². The van der Waals surface area contributed by atoms with Crippen molar-refractivity contribution in [2.45, 2.75) is 32.2 Å². The molecule has 1 aliphatic rings. The third-order valence-corrected chi connectivity index (χ3v) is 4.46. The average molecular weight is 374 g/mol. The van der Waals surface area contributed by atoms with Gasteiger partial charge in [-0.15, -0.1) is 12.4 Å². The highest BCUT2D eigenvalue weighted by Gasteiger charge is 2.30. The predicted molar refractivity (Wildman–Crippen MR) is 107 cm³/mol. The number of carbonyl (C=O) groups is 2. The Hall–Kier alpha value is -2.53. The van der Waals surface area contributed by atoms with Crippen molar-refractivity contribution in [3.05, 3.63) is 59.7 Å². The molecular weight excluding hydrogens is 350 g/mol. The molecule has 6 heteroatoms. The van der Waals surface area contributed by atoms with Crippen molar-refractivity contribution in [3.63, 3.8) is 0 Å². The highest BCUT2D eigenvalue weighted by atomic mass is 35.5. The van der Waals surface area contributed by atoms with Crippen LogP contribution in [0.5, 0.6) is 0 Å². The smallest absolute Gasteiger partial charge is 0.249 e. The normalized spacial score (nSPS) is 16.7. The van der Waals surface area contributed by atoms with Crippen LogP contribution in [0.1, 0.15) is 24.0 Å². The summed E-state index contributed by atoms with van der Waals surface area (Å²) in [5, 5.41) is 2.88. The second kappa shape index (κ2) is 8.72. The Balaban J connectivity index is 0.00000243. The van der Waals surface area contributed by atoms with Gasteiger partial charge in [0, 0.05) is 17.9 Å². The van der Waals surface area contributed by atoms with Crippen LogP contribution in [-0.4, -0.2) is 24.4 Å². The summed E-state index contributed by atoms with van der Waals surface area (Å²) in [6.45, 7) is 2.70. The van der Waals surface area contributed by atoms with Gasteiger partial charge in [0.2, 0.25) is 11.8 Å². The molecule has 2 amide bonds. The molecule has 1 unspecified atom stereocenters. The molecule has 3 rings (SSSR count). The third-order valence-electron chi connectivity index (χ3n) is 4.46. The van der Waals surface area contributed by atoms with Gasteiger partial charge in [-0.05, 0) is 49.6 Å². The molecule has 1 saturated heterocycles. The molecule has 0 aromatic heterocycles. The van der Waals surface area contributed by atoms with Gasteiger partial charge in [-0.3, -0.25) is 9.59 Å². The molecule has 1 atom stereocenters. The minimum Gasteiger partial charge on any atom is -0.399 e. The lowest BCUT2D eigenvalue weighted by molar-refractivity contribution is -0.128. The van der Waals surface area contributed by atoms with Gasteiger partial charge in [0.05, 0.1) is 6.42 Å². The number of piperidine rings is 1. The number of hydrogen-bond donors (Lipinski definition) is 2. The molecule has 2 aromatic carbocycles. The zero-order chi connectivity index (χ0) is 17.8. The standard InChI is InChI=1S/C20H23N3O2.ClH/c1-14-4-10-17(11-5-14)23-12-2-3-18(20(23)25)22-19(24)13-15-6-8-16(21)9-7-15;/h4-11,18H,2-3,12-13,21H2,1H3,(H,22,24);1H. The van der Waals surface area contributed by atoms with E-state index in [0.717, 1.165) is 23.2 Å². The number of nitrogens with two attached hydrogens (primary N) is 1. The molecule has 1 aliphatic heterocycles.